The second-order valence-electron chi connectivity index (χ2n) is 6.12. The normalized spacial score (nSPS) is 15.8. The predicted molar refractivity (Wildman–Crippen MR) is 111 cm³/mol. The number of carbonyl (C=O) groups excluding carboxylic acids is 1. The van der Waals surface area contributed by atoms with E-state index in [2.05, 4.69) is 22.1 Å². The number of nitrogens with one attached hydrogen (secondary N) is 1. The molecule has 0 bridgehead atoms. The van der Waals surface area contributed by atoms with Gasteiger partial charge in [0, 0.05) is 30.2 Å². The first-order chi connectivity index (χ1) is 11.0. The molecule has 0 atom stereocenters. The Morgan fingerprint density at radius 1 is 1.42 bits per heavy atom. The van der Waals surface area contributed by atoms with E-state index in [0.29, 0.717) is 23.9 Å². The van der Waals surface area contributed by atoms with Gasteiger partial charge >= 0.3 is 0 Å². The maximum Gasteiger partial charge on any atom is 0.226 e. The van der Waals surface area contributed by atoms with Crippen LogP contribution in [-0.2, 0) is 4.79 Å². The van der Waals surface area contributed by atoms with Crippen LogP contribution in [0.3, 0.4) is 0 Å². The minimum atomic E-state index is -0.0841. The van der Waals surface area contributed by atoms with Gasteiger partial charge in [-0.2, -0.15) is 0 Å². The van der Waals surface area contributed by atoms with Crippen LogP contribution in [0.15, 0.2) is 23.2 Å². The van der Waals surface area contributed by atoms with E-state index >= 15 is 0 Å². The van der Waals surface area contributed by atoms with Crippen molar-refractivity contribution in [1.82, 2.24) is 4.90 Å². The zero-order valence-electron chi connectivity index (χ0n) is 14.2. The van der Waals surface area contributed by atoms with Gasteiger partial charge in [-0.3, -0.25) is 9.79 Å². The number of nitrogens with two attached hydrogens (primary N) is 1. The molecule has 1 heterocycles. The number of halogens is 2. The molecular weight excluding hydrogens is 439 g/mol. The Bertz CT molecular complexity index is 586. The average molecular weight is 465 g/mol. The molecule has 0 spiro atoms. The lowest BCUT2D eigenvalue weighted by Gasteiger charge is -2.31. The number of piperidine rings is 1. The molecule has 0 aromatic heterocycles. The van der Waals surface area contributed by atoms with Crippen LogP contribution in [-0.4, -0.2) is 36.4 Å². The quantitative estimate of drug-likeness (QED) is 0.406. The molecule has 1 fully saturated rings. The van der Waals surface area contributed by atoms with Gasteiger partial charge in [-0.15, -0.1) is 24.0 Å². The van der Waals surface area contributed by atoms with E-state index in [4.69, 9.17) is 17.3 Å². The van der Waals surface area contributed by atoms with E-state index in [1.54, 1.807) is 6.07 Å². The van der Waals surface area contributed by atoms with Crippen molar-refractivity contribution in [2.45, 2.75) is 33.1 Å². The highest BCUT2D eigenvalue weighted by atomic mass is 127. The van der Waals surface area contributed by atoms with Crippen LogP contribution in [0.4, 0.5) is 5.69 Å². The van der Waals surface area contributed by atoms with Crippen molar-refractivity contribution in [2.75, 3.05) is 25.0 Å². The summed E-state index contributed by atoms with van der Waals surface area (Å²) in [5.74, 6) is 1.22. The number of aliphatic imine (C=N–C) groups is 1. The molecule has 1 amide bonds. The number of benzene rings is 1. The average Bonchev–Trinajstić information content (AvgIpc) is 2.52. The van der Waals surface area contributed by atoms with Gasteiger partial charge < -0.3 is 16.0 Å². The number of guanidine groups is 1. The van der Waals surface area contributed by atoms with E-state index in [1.165, 1.54) is 0 Å². The van der Waals surface area contributed by atoms with Crippen molar-refractivity contribution in [3.8, 4) is 0 Å². The second kappa shape index (κ2) is 10.1. The number of anilines is 1. The van der Waals surface area contributed by atoms with Crippen LogP contribution in [0.5, 0.6) is 0 Å². The van der Waals surface area contributed by atoms with Gasteiger partial charge in [0.1, 0.15) is 0 Å². The number of nitrogens with zero attached hydrogens (tertiary/aromatic N) is 2. The molecule has 134 valence electrons. The maximum absolute atomic E-state index is 12.0. The summed E-state index contributed by atoms with van der Waals surface area (Å²) in [4.78, 5) is 18.4. The van der Waals surface area contributed by atoms with Crippen LogP contribution in [0.2, 0.25) is 5.02 Å². The first-order valence-corrected chi connectivity index (χ1v) is 8.45. The van der Waals surface area contributed by atoms with E-state index < -0.39 is 0 Å². The molecule has 0 radical (unpaired) electrons. The number of hydrogen-bond donors (Lipinski definition) is 2. The Kier molecular flexibility index (Phi) is 8.83. The highest BCUT2D eigenvalue weighted by Crippen LogP contribution is 2.23. The lowest BCUT2D eigenvalue weighted by molar-refractivity contribution is -0.116. The SMILES string of the molecule is Cc1c(Cl)cccc1NC(=O)CCN=C(N)N1CCC(C)CC1.I. The van der Waals surface area contributed by atoms with Crippen LogP contribution >= 0.6 is 35.6 Å². The first kappa shape index (κ1) is 21.0. The summed E-state index contributed by atoms with van der Waals surface area (Å²) < 4.78 is 0. The van der Waals surface area contributed by atoms with Gasteiger partial charge in [-0.1, -0.05) is 24.6 Å². The molecule has 1 saturated heterocycles. The van der Waals surface area contributed by atoms with Gasteiger partial charge in [0.05, 0.1) is 6.54 Å². The number of amides is 1. The number of hydrogen-bond acceptors (Lipinski definition) is 2. The maximum atomic E-state index is 12.0. The Morgan fingerprint density at radius 3 is 2.75 bits per heavy atom. The first-order valence-electron chi connectivity index (χ1n) is 8.07. The molecule has 0 saturated carbocycles. The van der Waals surface area contributed by atoms with Crippen LogP contribution < -0.4 is 11.1 Å². The molecule has 7 heteroatoms. The van der Waals surface area contributed by atoms with Crippen molar-refractivity contribution in [3.63, 3.8) is 0 Å². The van der Waals surface area contributed by atoms with Gasteiger partial charge in [-0.25, -0.2) is 0 Å². The minimum absolute atomic E-state index is 0. The van der Waals surface area contributed by atoms with Crippen molar-refractivity contribution in [2.24, 2.45) is 16.6 Å². The fraction of sp³-hybridized carbons (Fsp3) is 0.529. The highest BCUT2D eigenvalue weighted by molar-refractivity contribution is 14.0. The molecule has 0 unspecified atom stereocenters. The third kappa shape index (κ3) is 6.12. The van der Waals surface area contributed by atoms with Gasteiger partial charge in [0.2, 0.25) is 5.91 Å². The lowest BCUT2D eigenvalue weighted by atomic mass is 10.00. The lowest BCUT2D eigenvalue weighted by Crippen LogP contribution is -2.42. The predicted octanol–water partition coefficient (Wildman–Crippen LogP) is 3.64. The van der Waals surface area contributed by atoms with E-state index in [0.717, 1.165) is 43.1 Å². The smallest absolute Gasteiger partial charge is 0.226 e. The summed E-state index contributed by atoms with van der Waals surface area (Å²) in [7, 11) is 0. The Balaban J connectivity index is 0.00000288. The molecule has 2 rings (SSSR count). The largest absolute Gasteiger partial charge is 0.370 e. The van der Waals surface area contributed by atoms with Crippen molar-refractivity contribution >= 4 is 53.1 Å². The zero-order valence-corrected chi connectivity index (χ0v) is 17.3. The molecule has 24 heavy (non-hydrogen) atoms. The van der Waals surface area contributed by atoms with E-state index in [1.807, 2.05) is 19.1 Å². The second-order valence-corrected chi connectivity index (χ2v) is 6.53. The van der Waals surface area contributed by atoms with Crippen molar-refractivity contribution in [1.29, 1.82) is 0 Å². The Labute approximate surface area is 166 Å². The standard InChI is InChI=1S/C17H25ClN4O.HI/c1-12-7-10-22(11-8-12)17(19)20-9-6-16(23)21-15-5-3-4-14(18)13(15)2;/h3-5,12H,6-11H2,1-2H3,(H2,19,20)(H,21,23);1H. The molecule has 0 aliphatic carbocycles. The van der Waals surface area contributed by atoms with Crippen LogP contribution in [0.1, 0.15) is 31.7 Å². The summed E-state index contributed by atoms with van der Waals surface area (Å²) in [6.07, 6.45) is 2.59. The summed E-state index contributed by atoms with van der Waals surface area (Å²) in [5, 5.41) is 3.51. The van der Waals surface area contributed by atoms with Crippen LogP contribution in [0, 0.1) is 12.8 Å². The fourth-order valence-corrected chi connectivity index (χ4v) is 2.74. The summed E-state index contributed by atoms with van der Waals surface area (Å²) in [6, 6.07) is 5.46. The number of carbonyl (C=O) groups is 1. The Hall–Kier alpha value is -1.02. The van der Waals surface area contributed by atoms with Gasteiger partial charge in [0.15, 0.2) is 5.96 Å². The summed E-state index contributed by atoms with van der Waals surface area (Å²) >= 11 is 6.04. The van der Waals surface area contributed by atoms with Gasteiger partial charge in [-0.05, 0) is 43.4 Å². The highest BCUT2D eigenvalue weighted by Gasteiger charge is 2.16. The molecular formula is C17H26ClIN4O. The summed E-state index contributed by atoms with van der Waals surface area (Å²) in [5.41, 5.74) is 7.61. The number of likely N-dealkylation sites (tertiary alicyclic amines) is 1. The third-order valence-electron chi connectivity index (χ3n) is 4.26. The van der Waals surface area contributed by atoms with Gasteiger partial charge in [0.25, 0.3) is 0 Å². The van der Waals surface area contributed by atoms with Crippen molar-refractivity contribution < 1.29 is 4.79 Å². The molecule has 1 aliphatic rings. The topological polar surface area (TPSA) is 70.7 Å². The molecule has 1 aromatic carbocycles. The minimum Gasteiger partial charge on any atom is -0.370 e. The summed E-state index contributed by atoms with van der Waals surface area (Å²) in [6.45, 7) is 6.43. The zero-order chi connectivity index (χ0) is 16.8. The third-order valence-corrected chi connectivity index (χ3v) is 4.67. The van der Waals surface area contributed by atoms with E-state index in [9.17, 15) is 4.79 Å². The van der Waals surface area contributed by atoms with E-state index in [-0.39, 0.29) is 29.9 Å². The Morgan fingerprint density at radius 2 is 2.08 bits per heavy atom. The molecule has 5 nitrogen and oxygen atoms in total. The molecule has 1 aromatic rings. The van der Waals surface area contributed by atoms with Crippen LogP contribution in [0.25, 0.3) is 0 Å². The number of rotatable bonds is 4. The molecule has 1 aliphatic heterocycles. The monoisotopic (exact) mass is 464 g/mol. The fourth-order valence-electron chi connectivity index (χ4n) is 2.57. The van der Waals surface area contributed by atoms with Crippen molar-refractivity contribution in [3.05, 3.63) is 28.8 Å². The molecule has 3 N–H and O–H groups in total.